The molecule has 0 aromatic rings. The Bertz CT molecular complexity index is 188. The summed E-state index contributed by atoms with van der Waals surface area (Å²) in [5, 5.41) is 3.00. The van der Waals surface area contributed by atoms with Gasteiger partial charge in [-0.1, -0.05) is 17.7 Å². The molecule has 0 saturated carbocycles. The van der Waals surface area contributed by atoms with Crippen LogP contribution in [0.15, 0.2) is 11.6 Å². The van der Waals surface area contributed by atoms with Crippen LogP contribution in [0.1, 0.15) is 12.8 Å². The van der Waals surface area contributed by atoms with Crippen molar-refractivity contribution in [3.05, 3.63) is 11.6 Å². The molecule has 3 nitrogen and oxygen atoms in total. The Kier molecular flexibility index (Phi) is 4.86. The first-order valence-electron chi connectivity index (χ1n) is 4.58. The molecule has 13 heavy (non-hydrogen) atoms. The number of hydrogen-bond acceptors (Lipinski definition) is 2. The monoisotopic (exact) mass is 202 g/mol. The molecular formula is C9H15ClN2O. The van der Waals surface area contributed by atoms with E-state index in [1.54, 1.807) is 6.08 Å². The summed E-state index contributed by atoms with van der Waals surface area (Å²) < 4.78 is 0. The highest BCUT2D eigenvalue weighted by atomic mass is 35.5. The number of amides is 1. The average molecular weight is 203 g/mol. The zero-order chi connectivity index (χ0) is 9.52. The van der Waals surface area contributed by atoms with Crippen LogP contribution < -0.4 is 5.32 Å². The Hall–Kier alpha value is -0.540. The predicted octanol–water partition coefficient (Wildman–Crippen LogP) is 0.951. The zero-order valence-electron chi connectivity index (χ0n) is 7.63. The van der Waals surface area contributed by atoms with Crippen LogP contribution in [0.25, 0.3) is 0 Å². The summed E-state index contributed by atoms with van der Waals surface area (Å²) in [5.41, 5.74) is 1.45. The molecule has 0 atom stereocenters. The molecule has 0 spiro atoms. The molecule has 0 aromatic heterocycles. The van der Waals surface area contributed by atoms with E-state index in [0.717, 1.165) is 25.9 Å². The van der Waals surface area contributed by atoms with Gasteiger partial charge in [-0.2, -0.15) is 0 Å². The van der Waals surface area contributed by atoms with E-state index in [-0.39, 0.29) is 5.91 Å². The van der Waals surface area contributed by atoms with Crippen molar-refractivity contribution in [3.8, 4) is 0 Å². The van der Waals surface area contributed by atoms with Crippen molar-refractivity contribution in [2.45, 2.75) is 12.8 Å². The summed E-state index contributed by atoms with van der Waals surface area (Å²) in [6, 6.07) is 0. The maximum absolute atomic E-state index is 11.4. The van der Waals surface area contributed by atoms with Crippen LogP contribution in [0.4, 0.5) is 0 Å². The van der Waals surface area contributed by atoms with Gasteiger partial charge in [0.1, 0.15) is 0 Å². The molecule has 1 aliphatic rings. The Morgan fingerprint density at radius 1 is 1.46 bits per heavy atom. The Morgan fingerprint density at radius 3 is 2.77 bits per heavy atom. The van der Waals surface area contributed by atoms with Gasteiger partial charge in [0.2, 0.25) is 5.91 Å². The van der Waals surface area contributed by atoms with E-state index in [4.69, 9.17) is 11.6 Å². The lowest BCUT2D eigenvalue weighted by Gasteiger charge is -2.14. The second-order valence-electron chi connectivity index (χ2n) is 3.08. The van der Waals surface area contributed by atoms with Crippen LogP contribution in [0.3, 0.4) is 0 Å². The first kappa shape index (κ1) is 10.5. The van der Waals surface area contributed by atoms with Gasteiger partial charge in [-0.3, -0.25) is 4.79 Å². The minimum Gasteiger partial charge on any atom is -0.342 e. The second-order valence-corrected chi connectivity index (χ2v) is 3.33. The number of rotatable bonds is 4. The molecule has 0 aromatic carbocycles. The van der Waals surface area contributed by atoms with Crippen molar-refractivity contribution in [3.63, 3.8) is 0 Å². The molecule has 0 aliphatic carbocycles. The van der Waals surface area contributed by atoms with Crippen molar-refractivity contribution < 1.29 is 4.79 Å². The lowest BCUT2D eigenvalue weighted by Crippen LogP contribution is -2.36. The van der Waals surface area contributed by atoms with Crippen LogP contribution >= 0.6 is 11.6 Å². The number of halogens is 1. The fourth-order valence-corrected chi connectivity index (χ4v) is 1.47. The molecule has 4 heteroatoms. The van der Waals surface area contributed by atoms with Crippen molar-refractivity contribution >= 4 is 17.5 Å². The normalized spacial score (nSPS) is 17.2. The Labute approximate surface area is 83.7 Å². The van der Waals surface area contributed by atoms with Crippen LogP contribution in [0.2, 0.25) is 0 Å². The topological polar surface area (TPSA) is 32.3 Å². The van der Waals surface area contributed by atoms with Crippen molar-refractivity contribution in [1.29, 1.82) is 0 Å². The highest BCUT2D eigenvalue weighted by Gasteiger charge is 2.16. The lowest BCUT2D eigenvalue weighted by atomic mass is 10.4. The third kappa shape index (κ3) is 3.79. The third-order valence-electron chi connectivity index (χ3n) is 2.09. The van der Waals surface area contributed by atoms with Gasteiger partial charge >= 0.3 is 0 Å². The molecule has 1 heterocycles. The summed E-state index contributed by atoms with van der Waals surface area (Å²) in [5.74, 6) is 0.195. The van der Waals surface area contributed by atoms with Crippen molar-refractivity contribution in [2.75, 3.05) is 26.2 Å². The Morgan fingerprint density at radius 2 is 2.15 bits per heavy atom. The van der Waals surface area contributed by atoms with Gasteiger partial charge in [0.15, 0.2) is 0 Å². The minimum atomic E-state index is 0.195. The zero-order valence-corrected chi connectivity index (χ0v) is 8.39. The van der Waals surface area contributed by atoms with Gasteiger partial charge in [-0.25, -0.2) is 0 Å². The summed E-state index contributed by atoms with van der Waals surface area (Å²) in [6.07, 6.45) is 4.07. The standard InChI is InChI=1S/C9H15ClN2O/c10-4-3-5-11-8-9(13)12-6-1-2-7-12/h3-4,11H,1-2,5-8H2/b4-3+. The van der Waals surface area contributed by atoms with E-state index in [1.165, 1.54) is 5.54 Å². The van der Waals surface area contributed by atoms with Crippen molar-refractivity contribution in [1.82, 2.24) is 10.2 Å². The number of likely N-dealkylation sites (tertiary alicyclic amines) is 1. The molecular weight excluding hydrogens is 188 g/mol. The predicted molar refractivity (Wildman–Crippen MR) is 53.7 cm³/mol. The summed E-state index contributed by atoms with van der Waals surface area (Å²) in [6.45, 7) is 2.92. The maximum Gasteiger partial charge on any atom is 0.236 e. The summed E-state index contributed by atoms with van der Waals surface area (Å²) in [7, 11) is 0. The van der Waals surface area contributed by atoms with Gasteiger partial charge in [0.25, 0.3) is 0 Å². The summed E-state index contributed by atoms with van der Waals surface area (Å²) in [4.78, 5) is 13.3. The fourth-order valence-electron chi connectivity index (χ4n) is 1.39. The molecule has 1 saturated heterocycles. The molecule has 1 amide bonds. The number of nitrogens with zero attached hydrogens (tertiary/aromatic N) is 1. The smallest absolute Gasteiger partial charge is 0.236 e. The van der Waals surface area contributed by atoms with E-state index in [9.17, 15) is 4.79 Å². The number of nitrogens with one attached hydrogen (secondary N) is 1. The molecule has 1 fully saturated rings. The van der Waals surface area contributed by atoms with Gasteiger partial charge in [-0.05, 0) is 12.8 Å². The van der Waals surface area contributed by atoms with E-state index in [1.807, 2.05) is 4.90 Å². The molecule has 0 unspecified atom stereocenters. The quantitative estimate of drug-likeness (QED) is 0.689. The van der Waals surface area contributed by atoms with Gasteiger partial charge < -0.3 is 10.2 Å². The van der Waals surface area contributed by atoms with Gasteiger partial charge in [-0.15, -0.1) is 0 Å². The summed E-state index contributed by atoms with van der Waals surface area (Å²) >= 11 is 5.33. The first-order chi connectivity index (χ1) is 6.34. The SMILES string of the molecule is O=C(CNC/C=C/Cl)N1CCCC1. The maximum atomic E-state index is 11.4. The second kappa shape index (κ2) is 6.00. The molecule has 1 rings (SSSR count). The van der Waals surface area contributed by atoms with Crippen LogP contribution in [0.5, 0.6) is 0 Å². The molecule has 1 aliphatic heterocycles. The van der Waals surface area contributed by atoms with Crippen molar-refractivity contribution in [2.24, 2.45) is 0 Å². The van der Waals surface area contributed by atoms with Crippen LogP contribution in [0, 0.1) is 0 Å². The largest absolute Gasteiger partial charge is 0.342 e. The van der Waals surface area contributed by atoms with E-state index in [2.05, 4.69) is 5.32 Å². The molecule has 0 radical (unpaired) electrons. The van der Waals surface area contributed by atoms with Gasteiger partial charge in [0, 0.05) is 25.2 Å². The number of carbonyl (C=O) groups is 1. The number of carbonyl (C=O) groups excluding carboxylic acids is 1. The number of hydrogen-bond donors (Lipinski definition) is 1. The minimum absolute atomic E-state index is 0.195. The fraction of sp³-hybridized carbons (Fsp3) is 0.667. The average Bonchev–Trinajstić information content (AvgIpc) is 2.65. The van der Waals surface area contributed by atoms with Crippen LogP contribution in [-0.2, 0) is 4.79 Å². The van der Waals surface area contributed by atoms with E-state index < -0.39 is 0 Å². The lowest BCUT2D eigenvalue weighted by molar-refractivity contribution is -0.129. The molecule has 1 N–H and O–H groups in total. The highest BCUT2D eigenvalue weighted by Crippen LogP contribution is 2.06. The molecule has 0 bridgehead atoms. The van der Waals surface area contributed by atoms with Gasteiger partial charge in [0.05, 0.1) is 6.54 Å². The Balaban J connectivity index is 2.09. The highest BCUT2D eigenvalue weighted by molar-refractivity contribution is 6.25. The third-order valence-corrected chi connectivity index (χ3v) is 2.26. The van der Waals surface area contributed by atoms with E-state index in [0.29, 0.717) is 13.1 Å². The van der Waals surface area contributed by atoms with Crippen LogP contribution in [-0.4, -0.2) is 37.0 Å². The molecule has 74 valence electrons. The van der Waals surface area contributed by atoms with E-state index >= 15 is 0 Å². The first-order valence-corrected chi connectivity index (χ1v) is 5.02.